The number of pyridine rings is 2. The molecule has 3 aromatic rings. The minimum absolute atomic E-state index is 0.0625. The molecule has 7 heteroatoms. The number of aromatic nitrogens is 2. The Balaban J connectivity index is 2.07. The predicted octanol–water partition coefficient (Wildman–Crippen LogP) is 5.47. The summed E-state index contributed by atoms with van der Waals surface area (Å²) < 4.78 is 55.3. The molecular weight excluding hydrogens is 360 g/mol. The van der Waals surface area contributed by atoms with Gasteiger partial charge in [0.25, 0.3) is 12.0 Å². The van der Waals surface area contributed by atoms with Crippen LogP contribution >= 0.6 is 0 Å². The molecule has 142 valence electrons. The fraction of sp³-hybridized carbons (Fsp3) is 0.300. The van der Waals surface area contributed by atoms with Gasteiger partial charge in [-0.2, -0.15) is 0 Å². The number of fused-ring (bicyclic) bond motifs is 1. The van der Waals surface area contributed by atoms with Crippen molar-refractivity contribution in [3.8, 4) is 11.3 Å². The van der Waals surface area contributed by atoms with Crippen LogP contribution in [0.1, 0.15) is 38.3 Å². The van der Waals surface area contributed by atoms with E-state index in [1.54, 1.807) is 12.3 Å². The number of nitrogens with zero attached hydrogens (tertiary/aromatic N) is 2. The van der Waals surface area contributed by atoms with Crippen LogP contribution in [0.25, 0.3) is 22.0 Å². The molecule has 3 rings (SSSR count). The molecule has 0 aliphatic rings. The van der Waals surface area contributed by atoms with Crippen LogP contribution in [0.15, 0.2) is 41.3 Å². The van der Waals surface area contributed by atoms with Gasteiger partial charge in [0.05, 0.1) is 11.1 Å². The third-order valence-electron chi connectivity index (χ3n) is 4.42. The first-order valence-electron chi connectivity index (χ1n) is 8.70. The smallest absolute Gasteiger partial charge is 0.283 e. The lowest BCUT2D eigenvalue weighted by Crippen LogP contribution is -2.19. The highest BCUT2D eigenvalue weighted by atomic mass is 19.3. The molecule has 0 saturated heterocycles. The average molecular weight is 378 g/mol. The summed E-state index contributed by atoms with van der Waals surface area (Å²) in [6.07, 6.45) is 1.37. The van der Waals surface area contributed by atoms with Crippen molar-refractivity contribution in [2.75, 3.05) is 0 Å². The Morgan fingerprint density at radius 1 is 1.07 bits per heavy atom. The molecular formula is C20H18F4N2O. The van der Waals surface area contributed by atoms with Crippen LogP contribution in [-0.2, 0) is 6.54 Å². The minimum atomic E-state index is -3.11. The van der Waals surface area contributed by atoms with Gasteiger partial charge in [-0.1, -0.05) is 19.8 Å². The first-order chi connectivity index (χ1) is 12.9. The van der Waals surface area contributed by atoms with Crippen molar-refractivity contribution in [2.24, 2.45) is 0 Å². The number of benzene rings is 1. The molecule has 2 aromatic heterocycles. The quantitative estimate of drug-likeness (QED) is 0.421. The number of unbranched alkanes of at least 4 members (excludes halogenated alkanes) is 2. The van der Waals surface area contributed by atoms with Crippen molar-refractivity contribution in [1.29, 1.82) is 0 Å². The maximum Gasteiger partial charge on any atom is 0.283 e. The summed E-state index contributed by atoms with van der Waals surface area (Å²) in [5.74, 6) is -1.92. The number of hydrogen-bond acceptors (Lipinski definition) is 2. The number of rotatable bonds is 6. The topological polar surface area (TPSA) is 34.9 Å². The fourth-order valence-corrected chi connectivity index (χ4v) is 2.97. The van der Waals surface area contributed by atoms with Crippen LogP contribution in [0, 0.1) is 11.6 Å². The van der Waals surface area contributed by atoms with Gasteiger partial charge < -0.3 is 4.57 Å². The lowest BCUT2D eigenvalue weighted by molar-refractivity contribution is 0.140. The Labute approximate surface area is 153 Å². The van der Waals surface area contributed by atoms with Gasteiger partial charge in [-0.15, -0.1) is 0 Å². The van der Waals surface area contributed by atoms with E-state index in [0.717, 1.165) is 37.5 Å². The van der Waals surface area contributed by atoms with Gasteiger partial charge >= 0.3 is 0 Å². The molecule has 0 atom stereocenters. The van der Waals surface area contributed by atoms with Gasteiger partial charge in [0.1, 0.15) is 11.5 Å². The monoisotopic (exact) mass is 378 g/mol. The van der Waals surface area contributed by atoms with Crippen molar-refractivity contribution >= 4 is 10.8 Å². The van der Waals surface area contributed by atoms with Crippen LogP contribution in [0.4, 0.5) is 17.6 Å². The molecule has 0 spiro atoms. The molecule has 0 aliphatic carbocycles. The van der Waals surface area contributed by atoms with Crippen molar-refractivity contribution < 1.29 is 17.6 Å². The molecule has 3 nitrogen and oxygen atoms in total. The summed E-state index contributed by atoms with van der Waals surface area (Å²) in [6.45, 7) is 2.60. The molecule has 0 bridgehead atoms. The number of halogens is 4. The Bertz CT molecular complexity index is 1030. The molecule has 0 saturated carbocycles. The Morgan fingerprint density at radius 2 is 1.85 bits per heavy atom. The van der Waals surface area contributed by atoms with Crippen LogP contribution < -0.4 is 5.56 Å². The van der Waals surface area contributed by atoms with E-state index in [4.69, 9.17) is 0 Å². The predicted molar refractivity (Wildman–Crippen MR) is 95.8 cm³/mol. The van der Waals surface area contributed by atoms with Gasteiger partial charge in [-0.25, -0.2) is 22.5 Å². The second kappa shape index (κ2) is 7.90. The largest absolute Gasteiger partial charge is 0.315 e. The molecule has 0 aliphatic heterocycles. The summed E-state index contributed by atoms with van der Waals surface area (Å²) in [5, 5.41) is 0.666. The third-order valence-corrected chi connectivity index (χ3v) is 4.42. The van der Waals surface area contributed by atoms with Crippen LogP contribution in [0.5, 0.6) is 0 Å². The highest BCUT2D eigenvalue weighted by molar-refractivity contribution is 5.86. The highest BCUT2D eigenvalue weighted by Crippen LogP contribution is 2.28. The third kappa shape index (κ3) is 3.86. The van der Waals surface area contributed by atoms with Gasteiger partial charge in [-0.05, 0) is 42.1 Å². The number of alkyl halides is 2. The van der Waals surface area contributed by atoms with Crippen LogP contribution in [0.3, 0.4) is 0 Å². The standard InChI is InChI=1S/C20H18F4N2O/c1-2-3-4-8-26-9-7-12-10-14(16(22)11-13(12)20(26)27)17-6-5-15(21)18(25-17)19(23)24/h5-7,9-11,19H,2-4,8H2,1H3. The minimum Gasteiger partial charge on any atom is -0.315 e. The molecule has 2 heterocycles. The van der Waals surface area contributed by atoms with Crippen LogP contribution in [0.2, 0.25) is 0 Å². The summed E-state index contributed by atoms with van der Waals surface area (Å²) in [6, 6.07) is 6.09. The van der Waals surface area contributed by atoms with E-state index in [9.17, 15) is 22.4 Å². The maximum atomic E-state index is 14.6. The van der Waals surface area contributed by atoms with Gasteiger partial charge in [0.2, 0.25) is 0 Å². The lowest BCUT2D eigenvalue weighted by Gasteiger charge is -2.10. The number of aryl methyl sites for hydroxylation is 1. The number of hydrogen-bond donors (Lipinski definition) is 0. The maximum absolute atomic E-state index is 14.6. The van der Waals surface area contributed by atoms with Crippen molar-refractivity contribution in [2.45, 2.75) is 39.2 Å². The van der Waals surface area contributed by atoms with Gasteiger partial charge in [0.15, 0.2) is 5.82 Å². The fourth-order valence-electron chi connectivity index (χ4n) is 2.97. The summed E-state index contributed by atoms with van der Waals surface area (Å²) in [5.41, 5.74) is -1.52. The molecule has 0 unspecified atom stereocenters. The molecule has 27 heavy (non-hydrogen) atoms. The van der Waals surface area contributed by atoms with Crippen molar-refractivity contribution in [1.82, 2.24) is 9.55 Å². The normalized spacial score (nSPS) is 11.5. The summed E-state index contributed by atoms with van der Waals surface area (Å²) >= 11 is 0. The zero-order valence-corrected chi connectivity index (χ0v) is 14.7. The molecule has 0 N–H and O–H groups in total. The summed E-state index contributed by atoms with van der Waals surface area (Å²) in [7, 11) is 0. The average Bonchev–Trinajstić information content (AvgIpc) is 2.64. The molecule has 0 amide bonds. The van der Waals surface area contributed by atoms with Crippen LogP contribution in [-0.4, -0.2) is 9.55 Å². The van der Waals surface area contributed by atoms with Crippen molar-refractivity contribution in [3.63, 3.8) is 0 Å². The van der Waals surface area contributed by atoms with E-state index in [1.807, 2.05) is 0 Å². The molecule has 0 radical (unpaired) electrons. The van der Waals surface area contributed by atoms with Crippen molar-refractivity contribution in [3.05, 3.63) is 64.2 Å². The first-order valence-corrected chi connectivity index (χ1v) is 8.70. The Morgan fingerprint density at radius 3 is 2.56 bits per heavy atom. The molecule has 0 fully saturated rings. The zero-order chi connectivity index (χ0) is 19.6. The second-order valence-corrected chi connectivity index (χ2v) is 6.30. The molecule has 1 aromatic carbocycles. The lowest BCUT2D eigenvalue weighted by atomic mass is 10.0. The van der Waals surface area contributed by atoms with E-state index in [2.05, 4.69) is 11.9 Å². The van der Waals surface area contributed by atoms with Gasteiger partial charge in [-0.3, -0.25) is 4.79 Å². The Hall–Kier alpha value is -2.70. The van der Waals surface area contributed by atoms with E-state index >= 15 is 0 Å². The van der Waals surface area contributed by atoms with E-state index in [0.29, 0.717) is 11.9 Å². The SMILES string of the molecule is CCCCCn1ccc2cc(-c3ccc(F)c(C(F)F)n3)c(F)cc2c1=O. The highest BCUT2D eigenvalue weighted by Gasteiger charge is 2.18. The van der Waals surface area contributed by atoms with E-state index in [-0.39, 0.29) is 22.2 Å². The van der Waals surface area contributed by atoms with Gasteiger partial charge in [0, 0.05) is 18.3 Å². The zero-order valence-electron chi connectivity index (χ0n) is 14.7. The summed E-state index contributed by atoms with van der Waals surface area (Å²) in [4.78, 5) is 16.1. The second-order valence-electron chi connectivity index (χ2n) is 6.30. The van der Waals surface area contributed by atoms with E-state index < -0.39 is 23.8 Å². The Kier molecular flexibility index (Phi) is 5.58. The first kappa shape index (κ1) is 19.1. The van der Waals surface area contributed by atoms with E-state index in [1.165, 1.54) is 10.6 Å².